The van der Waals surface area contributed by atoms with Crippen LogP contribution in [0, 0.1) is 5.92 Å². The average Bonchev–Trinajstić information content (AvgIpc) is 2.15. The molecule has 5 nitrogen and oxygen atoms in total. The van der Waals surface area contributed by atoms with E-state index in [9.17, 15) is 14.1 Å². The monoisotopic (exact) mass is 264 g/mol. The highest BCUT2D eigenvalue weighted by Crippen LogP contribution is 2.01. The lowest BCUT2D eigenvalue weighted by Crippen LogP contribution is -2.47. The molecule has 0 aliphatic heterocycles. The normalized spacial score (nSPS) is 18.5. The minimum Gasteiger partial charge on any atom is -0.390 e. The number of hydrogen-bond donors (Lipinski definition) is 2. The Morgan fingerprint density at radius 3 is 2.35 bits per heavy atom. The van der Waals surface area contributed by atoms with E-state index in [1.54, 1.807) is 20.1 Å². The predicted octanol–water partition coefficient (Wildman–Crippen LogP) is -0.572. The fourth-order valence-electron chi connectivity index (χ4n) is 1.42. The van der Waals surface area contributed by atoms with Gasteiger partial charge in [-0.2, -0.15) is 0 Å². The van der Waals surface area contributed by atoms with Gasteiger partial charge in [0.15, 0.2) is 0 Å². The molecule has 0 fully saturated rings. The maximum absolute atomic E-state index is 11.7. The van der Waals surface area contributed by atoms with E-state index in [2.05, 4.69) is 5.32 Å². The number of nitrogens with one attached hydrogen (secondary N) is 1. The second kappa shape index (κ2) is 7.79. The number of nitrogens with zero attached hydrogens (tertiary/aromatic N) is 1. The molecule has 0 aromatic rings. The molecular weight excluding hydrogens is 240 g/mol. The van der Waals surface area contributed by atoms with Crippen LogP contribution >= 0.6 is 0 Å². The van der Waals surface area contributed by atoms with E-state index in [4.69, 9.17) is 0 Å². The maximum Gasteiger partial charge on any atom is 0.224 e. The Labute approximate surface area is 106 Å². The molecule has 2 N–H and O–H groups in total. The van der Waals surface area contributed by atoms with Crippen molar-refractivity contribution in [1.29, 1.82) is 0 Å². The van der Waals surface area contributed by atoms with Crippen LogP contribution in [0.1, 0.15) is 13.8 Å². The minimum absolute atomic E-state index is 0.162. The lowest BCUT2D eigenvalue weighted by molar-refractivity contribution is -0.125. The molecule has 0 heterocycles. The molecule has 0 radical (unpaired) electrons. The summed E-state index contributed by atoms with van der Waals surface area (Å²) in [5, 5.41) is 12.5. The van der Waals surface area contributed by atoms with Crippen molar-refractivity contribution in [2.24, 2.45) is 5.92 Å². The first kappa shape index (κ1) is 16.5. The molecule has 0 saturated heterocycles. The Morgan fingerprint density at radius 1 is 1.41 bits per heavy atom. The Kier molecular flexibility index (Phi) is 7.58. The number of rotatable bonds is 7. The van der Waals surface area contributed by atoms with Gasteiger partial charge in [-0.3, -0.25) is 9.00 Å². The largest absolute Gasteiger partial charge is 0.390 e. The second-order valence-electron chi connectivity index (χ2n) is 4.77. The maximum atomic E-state index is 11.7. The van der Waals surface area contributed by atoms with E-state index in [0.29, 0.717) is 12.3 Å². The van der Waals surface area contributed by atoms with Crippen molar-refractivity contribution in [3.05, 3.63) is 0 Å². The van der Waals surface area contributed by atoms with Crippen molar-refractivity contribution in [3.63, 3.8) is 0 Å². The number of amides is 1. The fourth-order valence-corrected chi connectivity index (χ4v) is 2.28. The average molecular weight is 264 g/mol. The first-order chi connectivity index (χ1) is 7.73. The Balaban J connectivity index is 4.14. The molecule has 0 rings (SSSR count). The fraction of sp³-hybridized carbons (Fsp3) is 0.909. The van der Waals surface area contributed by atoms with Crippen LogP contribution in [0.5, 0.6) is 0 Å². The topological polar surface area (TPSA) is 69.6 Å². The van der Waals surface area contributed by atoms with Crippen molar-refractivity contribution >= 4 is 16.7 Å². The highest BCUT2D eigenvalue weighted by atomic mass is 32.2. The van der Waals surface area contributed by atoms with Crippen molar-refractivity contribution < 1.29 is 14.1 Å². The molecule has 4 atom stereocenters. The number of aliphatic hydroxyl groups is 1. The van der Waals surface area contributed by atoms with E-state index in [-0.39, 0.29) is 17.9 Å². The van der Waals surface area contributed by atoms with E-state index in [0.717, 1.165) is 0 Å². The first-order valence-corrected chi connectivity index (χ1v) is 7.40. The van der Waals surface area contributed by atoms with E-state index >= 15 is 0 Å². The van der Waals surface area contributed by atoms with Gasteiger partial charge in [0.25, 0.3) is 0 Å². The number of carbonyl (C=O) groups excluding carboxylic acids is 1. The number of carbonyl (C=O) groups is 1. The lowest BCUT2D eigenvalue weighted by Gasteiger charge is -2.24. The molecule has 0 aliphatic rings. The van der Waals surface area contributed by atoms with Gasteiger partial charge < -0.3 is 15.3 Å². The molecule has 102 valence electrons. The van der Waals surface area contributed by atoms with E-state index < -0.39 is 16.9 Å². The van der Waals surface area contributed by atoms with Gasteiger partial charge in [-0.15, -0.1) is 0 Å². The summed E-state index contributed by atoms with van der Waals surface area (Å²) in [6.07, 6.45) is 0.974. The molecule has 4 unspecified atom stereocenters. The van der Waals surface area contributed by atoms with Gasteiger partial charge in [0.2, 0.25) is 5.91 Å². The third-order valence-corrected chi connectivity index (χ3v) is 3.40. The van der Waals surface area contributed by atoms with Gasteiger partial charge in [0.05, 0.1) is 12.1 Å². The van der Waals surface area contributed by atoms with Gasteiger partial charge >= 0.3 is 0 Å². The summed E-state index contributed by atoms with van der Waals surface area (Å²) in [5.74, 6) is -0.108. The standard InChI is InChI=1S/C11H24N2O3S/c1-8(7-17(5)16)11(15)12-9(2)10(14)6-13(3)4/h8-10,14H,6-7H2,1-5H3,(H,12,15). The zero-order valence-electron chi connectivity index (χ0n) is 11.3. The van der Waals surface area contributed by atoms with Gasteiger partial charge in [0, 0.05) is 35.3 Å². The zero-order valence-corrected chi connectivity index (χ0v) is 12.1. The molecule has 0 aromatic heterocycles. The number of aliphatic hydroxyl groups excluding tert-OH is 1. The summed E-state index contributed by atoms with van der Waals surface area (Å²) < 4.78 is 11.0. The van der Waals surface area contributed by atoms with Crippen LogP contribution < -0.4 is 5.32 Å². The molecular formula is C11H24N2O3S. The van der Waals surface area contributed by atoms with E-state index in [1.165, 1.54) is 0 Å². The molecule has 0 bridgehead atoms. The minimum atomic E-state index is -0.982. The highest BCUT2D eigenvalue weighted by molar-refractivity contribution is 7.84. The van der Waals surface area contributed by atoms with Crippen LogP contribution in [0.2, 0.25) is 0 Å². The summed E-state index contributed by atoms with van der Waals surface area (Å²) in [7, 11) is 2.74. The van der Waals surface area contributed by atoms with Crippen LogP contribution in [-0.4, -0.2) is 64.9 Å². The van der Waals surface area contributed by atoms with Crippen LogP contribution in [0.15, 0.2) is 0 Å². The summed E-state index contributed by atoms with van der Waals surface area (Å²) in [6, 6.07) is -0.308. The second-order valence-corrected chi connectivity index (χ2v) is 6.25. The summed E-state index contributed by atoms with van der Waals surface area (Å²) in [6.45, 7) is 4.00. The molecule has 6 heteroatoms. The Bertz CT molecular complexity index is 271. The third kappa shape index (κ3) is 7.46. The van der Waals surface area contributed by atoms with Crippen LogP contribution in [-0.2, 0) is 15.6 Å². The SMILES string of the molecule is CC(CS(C)=O)C(=O)NC(C)C(O)CN(C)C. The summed E-state index contributed by atoms with van der Waals surface area (Å²) in [5.41, 5.74) is 0. The van der Waals surface area contributed by atoms with Gasteiger partial charge in [-0.25, -0.2) is 0 Å². The van der Waals surface area contributed by atoms with Crippen molar-refractivity contribution in [1.82, 2.24) is 10.2 Å². The predicted molar refractivity (Wildman–Crippen MR) is 70.3 cm³/mol. The lowest BCUT2D eigenvalue weighted by atomic mass is 10.1. The quantitative estimate of drug-likeness (QED) is 0.646. The molecule has 0 saturated carbocycles. The Hall–Kier alpha value is -0.460. The van der Waals surface area contributed by atoms with Gasteiger partial charge in [-0.1, -0.05) is 6.92 Å². The van der Waals surface area contributed by atoms with Crippen molar-refractivity contribution in [2.75, 3.05) is 32.6 Å². The van der Waals surface area contributed by atoms with Crippen LogP contribution in [0.4, 0.5) is 0 Å². The zero-order chi connectivity index (χ0) is 13.6. The molecule has 1 amide bonds. The molecule has 0 aromatic carbocycles. The number of hydrogen-bond acceptors (Lipinski definition) is 4. The molecule has 17 heavy (non-hydrogen) atoms. The van der Waals surface area contributed by atoms with Crippen LogP contribution in [0.3, 0.4) is 0 Å². The van der Waals surface area contributed by atoms with Crippen molar-refractivity contribution in [3.8, 4) is 0 Å². The van der Waals surface area contributed by atoms with Crippen LogP contribution in [0.25, 0.3) is 0 Å². The summed E-state index contributed by atoms with van der Waals surface area (Å²) >= 11 is 0. The smallest absolute Gasteiger partial charge is 0.224 e. The number of likely N-dealkylation sites (N-methyl/N-ethyl adjacent to an activating group) is 1. The molecule has 0 spiro atoms. The van der Waals surface area contributed by atoms with Gasteiger partial charge in [-0.05, 0) is 21.0 Å². The van der Waals surface area contributed by atoms with Gasteiger partial charge in [0.1, 0.15) is 0 Å². The summed E-state index contributed by atoms with van der Waals surface area (Å²) in [4.78, 5) is 13.6. The Morgan fingerprint density at radius 2 is 1.94 bits per heavy atom. The first-order valence-electron chi connectivity index (χ1n) is 5.67. The molecule has 0 aliphatic carbocycles. The third-order valence-electron chi connectivity index (χ3n) is 2.43. The van der Waals surface area contributed by atoms with Crippen molar-refractivity contribution in [2.45, 2.75) is 26.0 Å². The highest BCUT2D eigenvalue weighted by Gasteiger charge is 2.21. The van der Waals surface area contributed by atoms with E-state index in [1.807, 2.05) is 19.0 Å².